The van der Waals surface area contributed by atoms with Crippen molar-refractivity contribution in [2.24, 2.45) is 0 Å². The van der Waals surface area contributed by atoms with Gasteiger partial charge in [0.1, 0.15) is 0 Å². The number of carbonyl (C=O) groups is 2. The highest BCUT2D eigenvalue weighted by atomic mass is 16.5. The molecule has 2 aromatic carbocycles. The molecule has 0 saturated carbocycles. The molecule has 0 fully saturated rings. The van der Waals surface area contributed by atoms with Crippen molar-refractivity contribution in [2.75, 3.05) is 6.54 Å². The Morgan fingerprint density at radius 3 is 2.61 bits per heavy atom. The number of benzene rings is 2. The Balaban J connectivity index is 1.70. The van der Waals surface area contributed by atoms with Crippen LogP contribution >= 0.6 is 0 Å². The SMILES string of the molecule is O=C(NO)c1ccc2c(c1)CCN(C(=O)Cc1ccccc1)C2. The number of amides is 2. The number of nitrogens with one attached hydrogen (secondary N) is 1. The molecule has 118 valence electrons. The average Bonchev–Trinajstić information content (AvgIpc) is 2.61. The van der Waals surface area contributed by atoms with Crippen molar-refractivity contribution in [3.05, 3.63) is 70.8 Å². The predicted octanol–water partition coefficient (Wildman–Crippen LogP) is 1.93. The van der Waals surface area contributed by atoms with Gasteiger partial charge in [-0.1, -0.05) is 36.4 Å². The third-order valence-corrected chi connectivity index (χ3v) is 4.13. The van der Waals surface area contributed by atoms with Crippen molar-refractivity contribution in [3.63, 3.8) is 0 Å². The Morgan fingerprint density at radius 2 is 1.87 bits per heavy atom. The zero-order chi connectivity index (χ0) is 16.2. The molecule has 2 aromatic rings. The molecule has 0 radical (unpaired) electrons. The molecule has 3 rings (SSSR count). The summed E-state index contributed by atoms with van der Waals surface area (Å²) in [4.78, 5) is 25.7. The maximum atomic E-state index is 12.4. The molecule has 23 heavy (non-hydrogen) atoms. The number of hydrogen-bond donors (Lipinski definition) is 2. The van der Waals surface area contributed by atoms with E-state index in [2.05, 4.69) is 0 Å². The van der Waals surface area contributed by atoms with Crippen LogP contribution in [0.15, 0.2) is 48.5 Å². The van der Waals surface area contributed by atoms with Crippen molar-refractivity contribution in [2.45, 2.75) is 19.4 Å². The molecule has 0 bridgehead atoms. The molecule has 0 spiro atoms. The summed E-state index contributed by atoms with van der Waals surface area (Å²) in [6.45, 7) is 1.20. The molecule has 0 aliphatic carbocycles. The first-order chi connectivity index (χ1) is 11.2. The van der Waals surface area contributed by atoms with Crippen LogP contribution in [0.1, 0.15) is 27.0 Å². The molecular weight excluding hydrogens is 292 g/mol. The van der Waals surface area contributed by atoms with Gasteiger partial charge >= 0.3 is 0 Å². The summed E-state index contributed by atoms with van der Waals surface area (Å²) in [7, 11) is 0. The van der Waals surface area contributed by atoms with Gasteiger partial charge in [0.05, 0.1) is 6.42 Å². The molecule has 0 saturated heterocycles. The number of hydroxylamine groups is 1. The van der Waals surface area contributed by atoms with Crippen molar-refractivity contribution in [1.82, 2.24) is 10.4 Å². The molecule has 5 heteroatoms. The van der Waals surface area contributed by atoms with Gasteiger partial charge in [0.25, 0.3) is 5.91 Å². The summed E-state index contributed by atoms with van der Waals surface area (Å²) in [5, 5.41) is 8.69. The van der Waals surface area contributed by atoms with Crippen molar-refractivity contribution in [1.29, 1.82) is 0 Å². The number of carbonyl (C=O) groups excluding carboxylic acids is 2. The van der Waals surface area contributed by atoms with Gasteiger partial charge < -0.3 is 4.90 Å². The molecule has 1 aliphatic heterocycles. The second kappa shape index (κ2) is 6.62. The maximum absolute atomic E-state index is 12.4. The standard InChI is InChI=1S/C18H18N2O3/c21-17(10-13-4-2-1-3-5-13)20-9-8-14-11-15(18(22)19-23)6-7-16(14)12-20/h1-7,11,23H,8-10,12H2,(H,19,22). The Labute approximate surface area is 134 Å². The molecule has 1 heterocycles. The lowest BCUT2D eigenvalue weighted by atomic mass is 9.96. The van der Waals surface area contributed by atoms with Crippen LogP contribution in [0.25, 0.3) is 0 Å². The normalized spacial score (nSPS) is 13.3. The Bertz CT molecular complexity index is 728. The topological polar surface area (TPSA) is 69.6 Å². The van der Waals surface area contributed by atoms with E-state index in [9.17, 15) is 9.59 Å². The second-order valence-corrected chi connectivity index (χ2v) is 5.65. The van der Waals surface area contributed by atoms with Crippen LogP contribution in [0.3, 0.4) is 0 Å². The summed E-state index contributed by atoms with van der Waals surface area (Å²) in [6, 6.07) is 15.0. The summed E-state index contributed by atoms with van der Waals surface area (Å²) in [5.41, 5.74) is 5.18. The first-order valence-corrected chi connectivity index (χ1v) is 7.55. The minimum atomic E-state index is -0.518. The van der Waals surface area contributed by atoms with Crippen LogP contribution in [0.2, 0.25) is 0 Å². The van der Waals surface area contributed by atoms with Gasteiger partial charge in [-0.15, -0.1) is 0 Å². The van der Waals surface area contributed by atoms with Gasteiger partial charge in [0.2, 0.25) is 5.91 Å². The zero-order valence-corrected chi connectivity index (χ0v) is 12.7. The number of nitrogens with zero attached hydrogens (tertiary/aromatic N) is 1. The molecule has 0 aromatic heterocycles. The number of hydrogen-bond acceptors (Lipinski definition) is 3. The summed E-state index contributed by atoms with van der Waals surface area (Å²) < 4.78 is 0. The number of fused-ring (bicyclic) bond motifs is 1. The second-order valence-electron chi connectivity index (χ2n) is 5.65. The van der Waals surface area contributed by atoms with Crippen LogP contribution in [0.4, 0.5) is 0 Å². The molecular formula is C18H18N2O3. The van der Waals surface area contributed by atoms with Crippen LogP contribution in [0, 0.1) is 0 Å². The van der Waals surface area contributed by atoms with Gasteiger partial charge in [-0.05, 0) is 35.2 Å². The van der Waals surface area contributed by atoms with E-state index in [1.54, 1.807) is 17.6 Å². The highest BCUT2D eigenvalue weighted by molar-refractivity contribution is 5.93. The first kappa shape index (κ1) is 15.2. The average molecular weight is 310 g/mol. The highest BCUT2D eigenvalue weighted by Gasteiger charge is 2.21. The van der Waals surface area contributed by atoms with Gasteiger partial charge in [-0.2, -0.15) is 0 Å². The van der Waals surface area contributed by atoms with Crippen LogP contribution < -0.4 is 5.48 Å². The van der Waals surface area contributed by atoms with Crippen molar-refractivity contribution >= 4 is 11.8 Å². The molecule has 0 atom stereocenters. The Hall–Kier alpha value is -2.66. The van der Waals surface area contributed by atoms with E-state index in [4.69, 9.17) is 5.21 Å². The molecule has 2 amide bonds. The third kappa shape index (κ3) is 3.40. The summed E-state index contributed by atoms with van der Waals surface area (Å²) >= 11 is 0. The predicted molar refractivity (Wildman–Crippen MR) is 85.0 cm³/mol. The van der Waals surface area contributed by atoms with Gasteiger partial charge in [-0.3, -0.25) is 14.8 Å². The third-order valence-electron chi connectivity index (χ3n) is 4.13. The smallest absolute Gasteiger partial charge is 0.274 e. The van der Waals surface area contributed by atoms with Gasteiger partial charge in [-0.25, -0.2) is 5.48 Å². The Morgan fingerprint density at radius 1 is 1.09 bits per heavy atom. The first-order valence-electron chi connectivity index (χ1n) is 7.55. The quantitative estimate of drug-likeness (QED) is 0.672. The molecule has 0 unspecified atom stereocenters. The van der Waals surface area contributed by atoms with E-state index in [-0.39, 0.29) is 5.91 Å². The molecule has 5 nitrogen and oxygen atoms in total. The van der Waals surface area contributed by atoms with Crippen molar-refractivity contribution in [3.8, 4) is 0 Å². The number of rotatable bonds is 3. The van der Waals surface area contributed by atoms with E-state index in [1.807, 2.05) is 41.3 Å². The zero-order valence-electron chi connectivity index (χ0n) is 12.7. The minimum absolute atomic E-state index is 0.110. The maximum Gasteiger partial charge on any atom is 0.274 e. The minimum Gasteiger partial charge on any atom is -0.338 e. The van der Waals surface area contributed by atoms with Crippen LogP contribution in [0.5, 0.6) is 0 Å². The largest absolute Gasteiger partial charge is 0.338 e. The van der Waals surface area contributed by atoms with Gasteiger partial charge in [0.15, 0.2) is 0 Å². The fourth-order valence-corrected chi connectivity index (χ4v) is 2.85. The molecule has 1 aliphatic rings. The highest BCUT2D eigenvalue weighted by Crippen LogP contribution is 2.21. The Kier molecular flexibility index (Phi) is 4.39. The fraction of sp³-hybridized carbons (Fsp3) is 0.222. The van der Waals surface area contributed by atoms with Crippen LogP contribution in [-0.2, 0) is 24.2 Å². The monoisotopic (exact) mass is 310 g/mol. The lowest BCUT2D eigenvalue weighted by molar-refractivity contribution is -0.131. The lowest BCUT2D eigenvalue weighted by Crippen LogP contribution is -2.37. The van der Waals surface area contributed by atoms with Gasteiger partial charge in [0, 0.05) is 18.7 Å². The van der Waals surface area contributed by atoms with Crippen molar-refractivity contribution < 1.29 is 14.8 Å². The fourth-order valence-electron chi connectivity index (χ4n) is 2.85. The van der Waals surface area contributed by atoms with E-state index in [0.717, 1.165) is 16.7 Å². The van der Waals surface area contributed by atoms with E-state index in [1.165, 1.54) is 0 Å². The lowest BCUT2D eigenvalue weighted by Gasteiger charge is -2.29. The van der Waals surface area contributed by atoms with E-state index < -0.39 is 5.91 Å². The summed E-state index contributed by atoms with van der Waals surface area (Å²) in [6.07, 6.45) is 1.11. The summed E-state index contributed by atoms with van der Waals surface area (Å²) in [5.74, 6) is -0.408. The molecule has 2 N–H and O–H groups in total. The van der Waals surface area contributed by atoms with Crippen LogP contribution in [-0.4, -0.2) is 28.5 Å². The van der Waals surface area contributed by atoms with E-state index in [0.29, 0.717) is 31.5 Å². The van der Waals surface area contributed by atoms with E-state index >= 15 is 0 Å².